The van der Waals surface area contributed by atoms with Gasteiger partial charge < -0.3 is 29.4 Å². The van der Waals surface area contributed by atoms with Gasteiger partial charge in [0.2, 0.25) is 0 Å². The van der Waals surface area contributed by atoms with Gasteiger partial charge in [0.1, 0.15) is 0 Å². The number of phenolic OH excluding ortho intramolecular Hbond substituents is 1. The Morgan fingerprint density at radius 1 is 1.05 bits per heavy atom. The second kappa shape index (κ2) is 11.7. The number of Topliss-reactive ketones (excluding diaryl/α,β-unsaturated/α-hetero) is 1. The lowest BCUT2D eigenvalue weighted by Crippen LogP contribution is -2.36. The second-order valence-electron chi connectivity index (χ2n) is 9.81. The molecule has 2 N–H and O–H groups in total. The first-order chi connectivity index (χ1) is 18.6. The van der Waals surface area contributed by atoms with Crippen LogP contribution >= 0.6 is 15.9 Å². The summed E-state index contributed by atoms with van der Waals surface area (Å²) in [5.41, 5.74) is 3.87. The van der Waals surface area contributed by atoms with Crippen LogP contribution < -0.4 is 19.5 Å². The second-order valence-corrected chi connectivity index (χ2v) is 10.7. The highest BCUT2D eigenvalue weighted by molar-refractivity contribution is 9.10. The number of ketones is 1. The molecule has 0 aromatic heterocycles. The van der Waals surface area contributed by atoms with Crippen molar-refractivity contribution in [1.29, 1.82) is 0 Å². The van der Waals surface area contributed by atoms with Gasteiger partial charge in [0.05, 0.1) is 37.5 Å². The van der Waals surface area contributed by atoms with Crippen molar-refractivity contribution in [1.82, 2.24) is 5.32 Å². The standard InChI is InChI=1S/C30H34BrNO7/c1-7-15(2)39-30(35)26-16(3)32-21-11-18(17-8-9-23(36-4)24(13-17)37-5)12-22(33)28(21)27(26)19-10-20(31)29(34)25(14-19)38-6/h8-10,13-15,18,27,32,34H,7,11-12H2,1-6H3/t15-,18-,27-/m1/s1. The number of phenols is 1. The number of hydrogen-bond donors (Lipinski definition) is 2. The van der Waals surface area contributed by atoms with Gasteiger partial charge in [-0.1, -0.05) is 13.0 Å². The van der Waals surface area contributed by atoms with Gasteiger partial charge in [0.25, 0.3) is 0 Å². The molecule has 0 amide bonds. The van der Waals surface area contributed by atoms with Gasteiger partial charge >= 0.3 is 5.97 Å². The fraction of sp³-hybridized carbons (Fsp3) is 0.400. The van der Waals surface area contributed by atoms with Crippen molar-refractivity contribution in [2.24, 2.45) is 0 Å². The Kier molecular flexibility index (Phi) is 8.59. The predicted octanol–water partition coefficient (Wildman–Crippen LogP) is 5.88. The maximum atomic E-state index is 13.9. The molecule has 2 aromatic rings. The number of carbonyl (C=O) groups excluding carboxylic acids is 2. The van der Waals surface area contributed by atoms with Crippen LogP contribution in [-0.4, -0.2) is 44.3 Å². The molecule has 39 heavy (non-hydrogen) atoms. The summed E-state index contributed by atoms with van der Waals surface area (Å²) in [4.78, 5) is 27.4. The van der Waals surface area contributed by atoms with Crippen molar-refractivity contribution in [3.63, 3.8) is 0 Å². The third-order valence-electron chi connectivity index (χ3n) is 7.41. The predicted molar refractivity (Wildman–Crippen MR) is 150 cm³/mol. The van der Waals surface area contributed by atoms with Crippen LogP contribution in [0.3, 0.4) is 0 Å². The van der Waals surface area contributed by atoms with Gasteiger partial charge in [-0.15, -0.1) is 0 Å². The Morgan fingerprint density at radius 2 is 1.72 bits per heavy atom. The Balaban J connectivity index is 1.83. The average molecular weight is 601 g/mol. The lowest BCUT2D eigenvalue weighted by molar-refractivity contribution is -0.144. The highest BCUT2D eigenvalue weighted by atomic mass is 79.9. The quantitative estimate of drug-likeness (QED) is 0.362. The number of rotatable bonds is 8. The Hall–Kier alpha value is -3.46. The molecule has 1 heterocycles. The number of methoxy groups -OCH3 is 3. The lowest BCUT2D eigenvalue weighted by Gasteiger charge is -2.37. The Labute approximate surface area is 237 Å². The minimum atomic E-state index is -0.692. The summed E-state index contributed by atoms with van der Waals surface area (Å²) >= 11 is 3.40. The smallest absolute Gasteiger partial charge is 0.337 e. The van der Waals surface area contributed by atoms with Crippen molar-refractivity contribution in [3.8, 4) is 23.0 Å². The monoisotopic (exact) mass is 599 g/mol. The summed E-state index contributed by atoms with van der Waals surface area (Å²) < 4.78 is 22.4. The third kappa shape index (κ3) is 5.50. The maximum absolute atomic E-state index is 13.9. The van der Waals surface area contributed by atoms with Crippen molar-refractivity contribution in [3.05, 3.63) is 68.5 Å². The summed E-state index contributed by atoms with van der Waals surface area (Å²) in [6.07, 6.45) is 1.20. The zero-order valence-corrected chi connectivity index (χ0v) is 24.6. The highest BCUT2D eigenvalue weighted by Crippen LogP contribution is 2.48. The SMILES string of the molecule is CC[C@@H](C)OC(=O)C1=C(C)NC2=C(C(=O)C[C@H](c3ccc(OC)c(OC)c3)C2)[C@@H]1c1cc(Br)c(O)c(OC)c1. The van der Waals surface area contributed by atoms with Crippen LogP contribution in [0.5, 0.6) is 23.0 Å². The van der Waals surface area contributed by atoms with E-state index in [2.05, 4.69) is 21.2 Å². The molecule has 0 bridgehead atoms. The molecule has 208 valence electrons. The van der Waals surface area contributed by atoms with Crippen molar-refractivity contribution in [2.75, 3.05) is 21.3 Å². The molecular weight excluding hydrogens is 566 g/mol. The van der Waals surface area contributed by atoms with Gasteiger partial charge in [-0.2, -0.15) is 0 Å². The highest BCUT2D eigenvalue weighted by Gasteiger charge is 2.42. The Morgan fingerprint density at radius 3 is 2.36 bits per heavy atom. The minimum absolute atomic E-state index is 0.0580. The number of hydrogen-bond acceptors (Lipinski definition) is 8. The van der Waals surface area contributed by atoms with Crippen LogP contribution in [0.4, 0.5) is 0 Å². The van der Waals surface area contributed by atoms with E-state index in [0.717, 1.165) is 11.3 Å². The number of nitrogens with one attached hydrogen (secondary N) is 1. The van der Waals surface area contributed by atoms with Crippen LogP contribution in [0.1, 0.15) is 63.0 Å². The largest absolute Gasteiger partial charge is 0.503 e. The molecule has 3 atom stereocenters. The molecule has 0 unspecified atom stereocenters. The molecule has 0 saturated carbocycles. The zero-order chi connectivity index (χ0) is 28.4. The third-order valence-corrected chi connectivity index (χ3v) is 8.02. The number of dihydropyridines is 1. The fourth-order valence-corrected chi connectivity index (χ4v) is 5.69. The van der Waals surface area contributed by atoms with E-state index in [1.807, 2.05) is 39.0 Å². The number of carbonyl (C=O) groups is 2. The van der Waals surface area contributed by atoms with E-state index in [0.29, 0.717) is 51.2 Å². The van der Waals surface area contributed by atoms with Gasteiger partial charge in [0, 0.05) is 29.3 Å². The number of halogens is 1. The first-order valence-electron chi connectivity index (χ1n) is 12.9. The number of esters is 1. The van der Waals surface area contributed by atoms with E-state index < -0.39 is 11.9 Å². The zero-order valence-electron chi connectivity index (χ0n) is 23.0. The molecule has 4 rings (SSSR count). The molecule has 0 saturated heterocycles. The van der Waals surface area contributed by atoms with Crippen LogP contribution in [0, 0.1) is 0 Å². The molecule has 0 radical (unpaired) electrons. The summed E-state index contributed by atoms with van der Waals surface area (Å²) in [5.74, 6) is 0.0605. The molecule has 8 nitrogen and oxygen atoms in total. The van der Waals surface area contributed by atoms with Gasteiger partial charge in [-0.3, -0.25) is 4.79 Å². The van der Waals surface area contributed by atoms with E-state index >= 15 is 0 Å². The molecular formula is C30H34BrNO7. The molecule has 1 aliphatic heterocycles. The first kappa shape index (κ1) is 28.5. The number of aromatic hydroxyl groups is 1. The van der Waals surface area contributed by atoms with Crippen molar-refractivity contribution in [2.45, 2.75) is 58.0 Å². The molecule has 1 aliphatic carbocycles. The summed E-state index contributed by atoms with van der Waals surface area (Å²) in [6, 6.07) is 9.08. The van der Waals surface area contributed by atoms with E-state index in [1.54, 1.807) is 26.4 Å². The normalized spacial score (nSPS) is 19.7. The Bertz CT molecular complexity index is 1360. The minimum Gasteiger partial charge on any atom is -0.503 e. The van der Waals surface area contributed by atoms with Crippen LogP contribution in [0.15, 0.2) is 57.3 Å². The van der Waals surface area contributed by atoms with Crippen molar-refractivity contribution >= 4 is 27.7 Å². The molecule has 0 fully saturated rings. The molecule has 0 spiro atoms. The number of allylic oxidation sites excluding steroid dienone is 3. The topological polar surface area (TPSA) is 103 Å². The van der Waals surface area contributed by atoms with Crippen LogP contribution in [0.2, 0.25) is 0 Å². The van der Waals surface area contributed by atoms with E-state index in [4.69, 9.17) is 18.9 Å². The molecule has 9 heteroatoms. The molecule has 2 aromatic carbocycles. The summed E-state index contributed by atoms with van der Waals surface area (Å²) in [5, 5.41) is 13.8. The van der Waals surface area contributed by atoms with Gasteiger partial charge in [-0.25, -0.2) is 4.79 Å². The van der Waals surface area contributed by atoms with Crippen LogP contribution in [-0.2, 0) is 14.3 Å². The van der Waals surface area contributed by atoms with Crippen molar-refractivity contribution < 1.29 is 33.6 Å². The van der Waals surface area contributed by atoms with Gasteiger partial charge in [0.15, 0.2) is 28.8 Å². The lowest BCUT2D eigenvalue weighted by atomic mass is 9.71. The van der Waals surface area contributed by atoms with E-state index in [-0.39, 0.29) is 35.7 Å². The summed E-state index contributed by atoms with van der Waals surface area (Å²) in [6.45, 7) is 5.60. The van der Waals surface area contributed by atoms with Crippen LogP contribution in [0.25, 0.3) is 0 Å². The van der Waals surface area contributed by atoms with E-state index in [1.165, 1.54) is 7.11 Å². The maximum Gasteiger partial charge on any atom is 0.337 e. The number of benzene rings is 2. The van der Waals surface area contributed by atoms with Gasteiger partial charge in [-0.05, 0) is 83.9 Å². The molecule has 2 aliphatic rings. The fourth-order valence-electron chi connectivity index (χ4n) is 5.23. The average Bonchev–Trinajstić information content (AvgIpc) is 2.92. The summed E-state index contributed by atoms with van der Waals surface area (Å²) in [7, 11) is 4.62. The number of ether oxygens (including phenoxy) is 4. The first-order valence-corrected chi connectivity index (χ1v) is 13.7. The van der Waals surface area contributed by atoms with E-state index in [9.17, 15) is 14.7 Å².